The molecule has 21 heavy (non-hydrogen) atoms. The summed E-state index contributed by atoms with van der Waals surface area (Å²) in [5.41, 5.74) is 8.36. The van der Waals surface area contributed by atoms with Gasteiger partial charge >= 0.3 is 0 Å². The van der Waals surface area contributed by atoms with Crippen LogP contribution in [0.15, 0.2) is 28.5 Å². The molecule has 0 radical (unpaired) electrons. The van der Waals surface area contributed by atoms with E-state index in [0.29, 0.717) is 19.5 Å². The van der Waals surface area contributed by atoms with Crippen LogP contribution in [0.5, 0.6) is 0 Å². The molecule has 0 aliphatic heterocycles. The first kappa shape index (κ1) is 16.1. The summed E-state index contributed by atoms with van der Waals surface area (Å²) in [6, 6.07) is 5.01. The minimum Gasteiger partial charge on any atom is -0.326 e. The molecule has 0 atom stereocenters. The fourth-order valence-corrected chi connectivity index (χ4v) is 3.68. The van der Waals surface area contributed by atoms with Crippen molar-refractivity contribution in [1.29, 1.82) is 0 Å². The number of nitrogens with two attached hydrogens (primary N) is 1. The van der Waals surface area contributed by atoms with Crippen molar-refractivity contribution in [1.82, 2.24) is 9.71 Å². The van der Waals surface area contributed by atoms with E-state index in [1.165, 1.54) is 0 Å². The van der Waals surface area contributed by atoms with E-state index in [-0.39, 0.29) is 4.90 Å². The van der Waals surface area contributed by atoms with E-state index in [9.17, 15) is 8.42 Å². The van der Waals surface area contributed by atoms with Crippen LogP contribution in [-0.2, 0) is 23.0 Å². The normalized spacial score (nSPS) is 11.8. The third-order valence-electron chi connectivity index (χ3n) is 3.19. The molecule has 5 nitrogen and oxygen atoms in total. The highest BCUT2D eigenvalue weighted by atomic mass is 32.2. The van der Waals surface area contributed by atoms with Crippen LogP contribution in [0, 0.1) is 13.8 Å². The van der Waals surface area contributed by atoms with Gasteiger partial charge < -0.3 is 5.73 Å². The van der Waals surface area contributed by atoms with Crippen molar-refractivity contribution in [2.75, 3.05) is 6.54 Å². The second-order valence-electron chi connectivity index (χ2n) is 4.80. The quantitative estimate of drug-likeness (QED) is 0.847. The summed E-state index contributed by atoms with van der Waals surface area (Å²) in [5.74, 6) is 0. The number of aryl methyl sites for hydroxylation is 2. The van der Waals surface area contributed by atoms with Gasteiger partial charge in [-0.2, -0.15) is 0 Å². The van der Waals surface area contributed by atoms with Gasteiger partial charge in [-0.3, -0.25) is 0 Å². The number of nitrogens with zero attached hydrogens (tertiary/aromatic N) is 1. The summed E-state index contributed by atoms with van der Waals surface area (Å²) in [7, 11) is -3.50. The first-order chi connectivity index (χ1) is 9.92. The fourth-order valence-electron chi connectivity index (χ4n) is 1.95. The molecule has 0 saturated carbocycles. The van der Waals surface area contributed by atoms with Gasteiger partial charge in [0.15, 0.2) is 0 Å². The minimum absolute atomic E-state index is 0.253. The van der Waals surface area contributed by atoms with Gasteiger partial charge in [-0.15, -0.1) is 11.3 Å². The minimum atomic E-state index is -3.50. The lowest BCUT2D eigenvalue weighted by Gasteiger charge is -2.09. The number of hydrogen-bond donors (Lipinski definition) is 2. The Morgan fingerprint density at radius 2 is 2.10 bits per heavy atom. The Morgan fingerprint density at radius 1 is 1.33 bits per heavy atom. The van der Waals surface area contributed by atoms with Gasteiger partial charge in [0.25, 0.3) is 0 Å². The predicted octanol–water partition coefficient (Wildman–Crippen LogP) is 1.74. The third kappa shape index (κ3) is 4.10. The topological polar surface area (TPSA) is 85.1 Å². The number of benzene rings is 1. The van der Waals surface area contributed by atoms with Crippen molar-refractivity contribution in [2.24, 2.45) is 5.73 Å². The second kappa shape index (κ2) is 6.65. The van der Waals surface area contributed by atoms with Crippen molar-refractivity contribution in [3.63, 3.8) is 0 Å². The van der Waals surface area contributed by atoms with Gasteiger partial charge in [0.05, 0.1) is 15.6 Å². The number of aromatic nitrogens is 1. The third-order valence-corrected chi connectivity index (χ3v) is 5.47. The lowest BCUT2D eigenvalue weighted by atomic mass is 10.1. The zero-order valence-corrected chi connectivity index (χ0v) is 13.7. The molecule has 0 bridgehead atoms. The Labute approximate surface area is 129 Å². The van der Waals surface area contributed by atoms with Crippen LogP contribution in [0.25, 0.3) is 0 Å². The number of hydrogen-bond acceptors (Lipinski definition) is 5. The Hall–Kier alpha value is -1.28. The average Bonchev–Trinajstić information content (AvgIpc) is 2.84. The molecule has 3 N–H and O–H groups in total. The zero-order chi connectivity index (χ0) is 15.5. The van der Waals surface area contributed by atoms with Gasteiger partial charge in [-0.1, -0.05) is 6.07 Å². The summed E-state index contributed by atoms with van der Waals surface area (Å²) in [4.78, 5) is 4.56. The highest BCUT2D eigenvalue weighted by Gasteiger charge is 2.14. The zero-order valence-electron chi connectivity index (χ0n) is 12.1. The lowest BCUT2D eigenvalue weighted by molar-refractivity contribution is 0.581. The van der Waals surface area contributed by atoms with Gasteiger partial charge in [-0.05, 0) is 37.1 Å². The molecule has 0 aliphatic rings. The molecule has 0 saturated heterocycles. The SMILES string of the molecule is Cc1nc(CCNS(=O)(=O)c2ccc(C)c(CN)c2)cs1. The van der Waals surface area contributed by atoms with Crippen molar-refractivity contribution >= 4 is 21.4 Å². The molecule has 1 heterocycles. The molecule has 1 aromatic heterocycles. The van der Waals surface area contributed by atoms with E-state index in [1.807, 2.05) is 19.2 Å². The Morgan fingerprint density at radius 3 is 2.71 bits per heavy atom. The number of sulfonamides is 1. The Bertz CT molecular complexity index is 724. The van der Waals surface area contributed by atoms with Gasteiger partial charge in [0, 0.05) is 24.9 Å². The van der Waals surface area contributed by atoms with Crippen LogP contribution in [0.2, 0.25) is 0 Å². The smallest absolute Gasteiger partial charge is 0.240 e. The maximum atomic E-state index is 12.2. The Kier molecular flexibility index (Phi) is 5.10. The number of nitrogens with one attached hydrogen (secondary N) is 1. The van der Waals surface area contributed by atoms with Gasteiger partial charge in [-0.25, -0.2) is 18.1 Å². The first-order valence-electron chi connectivity index (χ1n) is 6.62. The summed E-state index contributed by atoms with van der Waals surface area (Å²) >= 11 is 1.56. The largest absolute Gasteiger partial charge is 0.326 e. The highest BCUT2D eigenvalue weighted by molar-refractivity contribution is 7.89. The summed E-state index contributed by atoms with van der Waals surface area (Å²) < 4.78 is 27.1. The molecule has 7 heteroatoms. The van der Waals surface area contributed by atoms with Crippen molar-refractivity contribution in [2.45, 2.75) is 31.7 Å². The van der Waals surface area contributed by atoms with Crippen LogP contribution in [0.1, 0.15) is 21.8 Å². The van der Waals surface area contributed by atoms with Crippen molar-refractivity contribution in [3.8, 4) is 0 Å². The molecule has 1 aromatic carbocycles. The number of thiazole rings is 1. The van der Waals surface area contributed by atoms with Gasteiger partial charge in [0.2, 0.25) is 10.0 Å². The van der Waals surface area contributed by atoms with E-state index >= 15 is 0 Å². The molecule has 2 rings (SSSR count). The lowest BCUT2D eigenvalue weighted by Crippen LogP contribution is -2.26. The molecule has 0 spiro atoms. The molecule has 0 fully saturated rings. The second-order valence-corrected chi connectivity index (χ2v) is 7.63. The molecule has 0 amide bonds. The van der Waals surface area contributed by atoms with E-state index in [0.717, 1.165) is 21.8 Å². The Balaban J connectivity index is 2.04. The van der Waals surface area contributed by atoms with Crippen LogP contribution in [-0.4, -0.2) is 19.9 Å². The van der Waals surface area contributed by atoms with Crippen LogP contribution >= 0.6 is 11.3 Å². The van der Waals surface area contributed by atoms with Crippen molar-refractivity contribution < 1.29 is 8.42 Å². The number of rotatable bonds is 6. The molecule has 0 aliphatic carbocycles. The van der Waals surface area contributed by atoms with E-state index in [4.69, 9.17) is 5.73 Å². The summed E-state index contributed by atoms with van der Waals surface area (Å²) in [5, 5.41) is 2.93. The fraction of sp³-hybridized carbons (Fsp3) is 0.357. The van der Waals surface area contributed by atoms with Crippen LogP contribution in [0.3, 0.4) is 0 Å². The predicted molar refractivity (Wildman–Crippen MR) is 84.8 cm³/mol. The van der Waals surface area contributed by atoms with Gasteiger partial charge in [0.1, 0.15) is 0 Å². The average molecular weight is 325 g/mol. The van der Waals surface area contributed by atoms with E-state index in [2.05, 4.69) is 9.71 Å². The summed E-state index contributed by atoms with van der Waals surface area (Å²) in [6.07, 6.45) is 0.583. The van der Waals surface area contributed by atoms with E-state index in [1.54, 1.807) is 29.5 Å². The monoisotopic (exact) mass is 325 g/mol. The highest BCUT2D eigenvalue weighted by Crippen LogP contribution is 2.15. The standard InChI is InChI=1S/C14H19N3O2S2/c1-10-3-4-14(7-12(10)8-15)21(18,19)16-6-5-13-9-20-11(2)17-13/h3-4,7,9,16H,5-6,8,15H2,1-2H3. The molecule has 0 unspecified atom stereocenters. The van der Waals surface area contributed by atoms with Crippen LogP contribution in [0.4, 0.5) is 0 Å². The molecule has 2 aromatic rings. The van der Waals surface area contributed by atoms with Crippen LogP contribution < -0.4 is 10.5 Å². The van der Waals surface area contributed by atoms with Crippen molar-refractivity contribution in [3.05, 3.63) is 45.4 Å². The summed E-state index contributed by atoms with van der Waals surface area (Å²) in [6.45, 7) is 4.50. The maximum Gasteiger partial charge on any atom is 0.240 e. The maximum absolute atomic E-state index is 12.2. The molecule has 114 valence electrons. The van der Waals surface area contributed by atoms with E-state index < -0.39 is 10.0 Å². The molecular weight excluding hydrogens is 306 g/mol. The first-order valence-corrected chi connectivity index (χ1v) is 8.99. The molecular formula is C14H19N3O2S2.